The van der Waals surface area contributed by atoms with E-state index in [1.807, 2.05) is 32.0 Å². The van der Waals surface area contributed by atoms with Gasteiger partial charge >= 0.3 is 0 Å². The molecular weight excluding hydrogens is 460 g/mol. The molecule has 0 spiro atoms. The number of ether oxygens (including phenoxy) is 1. The largest absolute Gasteiger partial charge is 0.379 e. The Morgan fingerprint density at radius 3 is 2.58 bits per heavy atom. The molecule has 0 aliphatic rings. The molecule has 0 fully saturated rings. The summed E-state index contributed by atoms with van der Waals surface area (Å²) in [4.78, 5) is 35.4. The zero-order chi connectivity index (χ0) is 23.5. The first-order chi connectivity index (χ1) is 15.8. The maximum atomic E-state index is 13.3. The van der Waals surface area contributed by atoms with Crippen LogP contribution < -0.4 is 11.1 Å². The molecule has 0 bridgehead atoms. The van der Waals surface area contributed by atoms with Crippen LogP contribution in [-0.4, -0.2) is 31.8 Å². The van der Waals surface area contributed by atoms with Gasteiger partial charge in [-0.25, -0.2) is 9.97 Å². The van der Waals surface area contributed by atoms with E-state index in [4.69, 9.17) is 21.3 Å². The highest BCUT2D eigenvalue weighted by molar-refractivity contribution is 7.98. The van der Waals surface area contributed by atoms with E-state index in [2.05, 4.69) is 4.98 Å². The van der Waals surface area contributed by atoms with Crippen molar-refractivity contribution in [3.05, 3.63) is 74.0 Å². The van der Waals surface area contributed by atoms with Crippen molar-refractivity contribution in [1.29, 1.82) is 0 Å². The van der Waals surface area contributed by atoms with Crippen LogP contribution in [0.25, 0.3) is 21.8 Å². The number of nitrogens with zero attached hydrogens (tertiary/aromatic N) is 4. The molecule has 2 heterocycles. The lowest BCUT2D eigenvalue weighted by Crippen LogP contribution is -2.25. The summed E-state index contributed by atoms with van der Waals surface area (Å²) in [6.07, 6.45) is 0.812. The molecular formula is C24H25ClN4O3S. The summed E-state index contributed by atoms with van der Waals surface area (Å²) in [6.45, 7) is 4.99. The number of fused-ring (bicyclic) bond motifs is 2. The fraction of sp³-hybridized carbons (Fsp3) is 0.333. The van der Waals surface area contributed by atoms with E-state index in [9.17, 15) is 9.59 Å². The summed E-state index contributed by atoms with van der Waals surface area (Å²) in [6, 6.07) is 12.4. The molecule has 172 valence electrons. The minimum absolute atomic E-state index is 0.0994. The van der Waals surface area contributed by atoms with Crippen molar-refractivity contribution < 1.29 is 4.74 Å². The first-order valence-electron chi connectivity index (χ1n) is 10.7. The molecule has 0 N–H and O–H groups in total. The molecule has 2 aromatic heterocycles. The minimum Gasteiger partial charge on any atom is -0.379 e. The Morgan fingerprint density at radius 1 is 1.03 bits per heavy atom. The van der Waals surface area contributed by atoms with Crippen molar-refractivity contribution in [3.63, 3.8) is 0 Å². The fourth-order valence-electron chi connectivity index (χ4n) is 3.55. The summed E-state index contributed by atoms with van der Waals surface area (Å²) in [5.74, 6) is 0.997. The Balaban J connectivity index is 1.69. The lowest BCUT2D eigenvalue weighted by molar-refractivity contribution is 0.0743. The number of benzene rings is 2. The van der Waals surface area contributed by atoms with Crippen molar-refractivity contribution in [1.82, 2.24) is 19.1 Å². The number of thioether (sulfide) groups is 1. The molecule has 0 amide bonds. The second kappa shape index (κ2) is 10.1. The van der Waals surface area contributed by atoms with Crippen LogP contribution in [0.3, 0.4) is 0 Å². The molecule has 4 aromatic rings. The van der Waals surface area contributed by atoms with Crippen LogP contribution >= 0.6 is 23.4 Å². The molecule has 0 saturated carbocycles. The number of rotatable bonds is 8. The van der Waals surface area contributed by atoms with Gasteiger partial charge in [0.05, 0.1) is 33.7 Å². The van der Waals surface area contributed by atoms with Gasteiger partial charge < -0.3 is 4.74 Å². The van der Waals surface area contributed by atoms with E-state index in [1.165, 1.54) is 11.8 Å². The van der Waals surface area contributed by atoms with Crippen molar-refractivity contribution in [2.45, 2.75) is 43.8 Å². The van der Waals surface area contributed by atoms with Gasteiger partial charge in [0.25, 0.3) is 11.1 Å². The molecule has 33 heavy (non-hydrogen) atoms. The standard InChI is InChI=1S/C24H25ClN4O3S/c1-15(2)32-12-6-11-29-23(31)18-10-9-16(25)13-20(18)27-24(29)33-14-21-26-19-8-5-4-7-17(19)22(30)28(21)3/h4-5,7-10,13,15H,6,11-12,14H2,1-3H3. The van der Waals surface area contributed by atoms with Crippen LogP contribution in [0.15, 0.2) is 57.2 Å². The number of aromatic nitrogens is 4. The average Bonchev–Trinajstić information content (AvgIpc) is 2.79. The molecule has 2 aromatic carbocycles. The Kier molecular flexibility index (Phi) is 7.17. The number of para-hydroxylation sites is 1. The topological polar surface area (TPSA) is 79.0 Å². The lowest BCUT2D eigenvalue weighted by atomic mass is 10.2. The Labute approximate surface area is 200 Å². The molecule has 0 saturated heterocycles. The maximum absolute atomic E-state index is 13.3. The molecule has 0 unspecified atom stereocenters. The molecule has 4 rings (SSSR count). The Bertz CT molecular complexity index is 1430. The zero-order valence-corrected chi connectivity index (χ0v) is 20.3. The van der Waals surface area contributed by atoms with E-state index in [0.717, 1.165) is 0 Å². The Morgan fingerprint density at radius 2 is 1.79 bits per heavy atom. The van der Waals surface area contributed by atoms with Crippen LogP contribution in [0.2, 0.25) is 5.02 Å². The molecule has 9 heteroatoms. The average molecular weight is 485 g/mol. The maximum Gasteiger partial charge on any atom is 0.262 e. The first kappa shape index (κ1) is 23.5. The highest BCUT2D eigenvalue weighted by Crippen LogP contribution is 2.23. The van der Waals surface area contributed by atoms with Gasteiger partial charge in [0.2, 0.25) is 0 Å². The molecule has 0 atom stereocenters. The normalized spacial score (nSPS) is 11.7. The SMILES string of the molecule is CC(C)OCCCn1c(SCc2nc3ccccc3c(=O)n2C)nc2cc(Cl)ccc2c1=O. The molecule has 7 nitrogen and oxygen atoms in total. The fourth-order valence-corrected chi connectivity index (χ4v) is 4.72. The van der Waals surface area contributed by atoms with E-state index < -0.39 is 0 Å². The van der Waals surface area contributed by atoms with Gasteiger partial charge in [0.15, 0.2) is 5.16 Å². The van der Waals surface area contributed by atoms with Gasteiger partial charge in [-0.1, -0.05) is 35.5 Å². The van der Waals surface area contributed by atoms with E-state index in [0.29, 0.717) is 63.1 Å². The van der Waals surface area contributed by atoms with Crippen LogP contribution in [0.1, 0.15) is 26.1 Å². The quantitative estimate of drug-likeness (QED) is 0.209. The summed E-state index contributed by atoms with van der Waals surface area (Å²) in [5.41, 5.74) is 0.976. The molecule has 0 radical (unpaired) electrons. The summed E-state index contributed by atoms with van der Waals surface area (Å²) >= 11 is 7.52. The lowest BCUT2D eigenvalue weighted by Gasteiger charge is -2.15. The summed E-state index contributed by atoms with van der Waals surface area (Å²) in [7, 11) is 1.71. The highest BCUT2D eigenvalue weighted by atomic mass is 35.5. The van der Waals surface area contributed by atoms with Gasteiger partial charge in [-0.2, -0.15) is 0 Å². The first-order valence-corrected chi connectivity index (χ1v) is 12.1. The van der Waals surface area contributed by atoms with Crippen molar-refractivity contribution in [2.24, 2.45) is 7.05 Å². The number of hydrogen-bond acceptors (Lipinski definition) is 6. The van der Waals surface area contributed by atoms with Gasteiger partial charge in [-0.3, -0.25) is 18.7 Å². The van der Waals surface area contributed by atoms with Gasteiger partial charge in [-0.05, 0) is 50.6 Å². The predicted octanol–water partition coefficient (Wildman–Crippen LogP) is 4.40. The van der Waals surface area contributed by atoms with Crippen LogP contribution in [0.4, 0.5) is 0 Å². The smallest absolute Gasteiger partial charge is 0.262 e. The van der Waals surface area contributed by atoms with Crippen LogP contribution in [0, 0.1) is 0 Å². The van der Waals surface area contributed by atoms with Crippen molar-refractivity contribution >= 4 is 45.2 Å². The van der Waals surface area contributed by atoms with Crippen LogP contribution in [-0.2, 0) is 24.1 Å². The Hall–Kier alpha value is -2.68. The van der Waals surface area contributed by atoms with E-state index in [1.54, 1.807) is 40.4 Å². The molecule has 0 aliphatic carbocycles. The van der Waals surface area contributed by atoms with Gasteiger partial charge in [-0.15, -0.1) is 0 Å². The second-order valence-electron chi connectivity index (χ2n) is 7.98. The monoisotopic (exact) mass is 484 g/mol. The third-order valence-corrected chi connectivity index (χ3v) is 6.47. The second-order valence-corrected chi connectivity index (χ2v) is 9.36. The van der Waals surface area contributed by atoms with E-state index >= 15 is 0 Å². The number of halogens is 1. The predicted molar refractivity (Wildman–Crippen MR) is 133 cm³/mol. The van der Waals surface area contributed by atoms with Gasteiger partial charge in [0, 0.05) is 25.2 Å². The third kappa shape index (κ3) is 5.13. The van der Waals surface area contributed by atoms with Gasteiger partial charge in [0.1, 0.15) is 5.82 Å². The molecule has 0 aliphatic heterocycles. The van der Waals surface area contributed by atoms with Crippen molar-refractivity contribution in [3.8, 4) is 0 Å². The zero-order valence-electron chi connectivity index (χ0n) is 18.7. The summed E-state index contributed by atoms with van der Waals surface area (Å²) < 4.78 is 8.86. The minimum atomic E-state index is -0.121. The summed E-state index contributed by atoms with van der Waals surface area (Å²) in [5, 5.41) is 2.17. The third-order valence-electron chi connectivity index (χ3n) is 5.27. The van der Waals surface area contributed by atoms with E-state index in [-0.39, 0.29) is 17.2 Å². The number of hydrogen-bond donors (Lipinski definition) is 0. The van der Waals surface area contributed by atoms with Crippen LogP contribution in [0.5, 0.6) is 0 Å². The highest BCUT2D eigenvalue weighted by Gasteiger charge is 2.15. The van der Waals surface area contributed by atoms with Crippen molar-refractivity contribution in [2.75, 3.05) is 6.61 Å².